The van der Waals surface area contributed by atoms with Crippen LogP contribution in [0.4, 0.5) is 5.69 Å². The molecule has 0 saturated heterocycles. The van der Waals surface area contributed by atoms with Gasteiger partial charge >= 0.3 is 0 Å². The number of anilines is 1. The lowest BCUT2D eigenvalue weighted by Crippen LogP contribution is -2.35. The van der Waals surface area contributed by atoms with Crippen LogP contribution >= 0.6 is 15.9 Å². The summed E-state index contributed by atoms with van der Waals surface area (Å²) in [6.45, 7) is 2.36. The second-order valence-electron chi connectivity index (χ2n) is 4.90. The van der Waals surface area contributed by atoms with Crippen LogP contribution in [0.5, 0.6) is 0 Å². The molecule has 1 saturated carbocycles. The third-order valence-electron chi connectivity index (χ3n) is 3.55. The lowest BCUT2D eigenvalue weighted by atomic mass is 9.86. The van der Waals surface area contributed by atoms with E-state index >= 15 is 0 Å². The van der Waals surface area contributed by atoms with Crippen molar-refractivity contribution in [2.24, 2.45) is 5.92 Å². The number of halogens is 1. The molecule has 1 heterocycles. The van der Waals surface area contributed by atoms with E-state index in [1.807, 2.05) is 12.4 Å². The Bertz CT molecular complexity index is 354. The number of hydrogen-bond acceptors (Lipinski definition) is 2. The topological polar surface area (TPSA) is 16.1 Å². The predicted octanol–water partition coefficient (Wildman–Crippen LogP) is 3.86. The fourth-order valence-corrected chi connectivity index (χ4v) is 2.91. The van der Waals surface area contributed by atoms with Crippen LogP contribution in [0.15, 0.2) is 22.9 Å². The summed E-state index contributed by atoms with van der Waals surface area (Å²) in [6.07, 6.45) is 9.15. The first kappa shape index (κ1) is 11.9. The average Bonchev–Trinajstić information content (AvgIpc) is 2.28. The smallest absolute Gasteiger partial charge is 0.0563 e. The SMILES string of the molecule is CC1CCCC(N(C)c2cncc(Br)c2)C1. The highest BCUT2D eigenvalue weighted by molar-refractivity contribution is 9.10. The normalized spacial score (nSPS) is 25.4. The highest BCUT2D eigenvalue weighted by Gasteiger charge is 2.22. The molecule has 2 rings (SSSR count). The van der Waals surface area contributed by atoms with Gasteiger partial charge in [0.15, 0.2) is 0 Å². The fraction of sp³-hybridized carbons (Fsp3) is 0.615. The molecule has 3 heteroatoms. The van der Waals surface area contributed by atoms with Gasteiger partial charge in [-0.1, -0.05) is 19.8 Å². The maximum absolute atomic E-state index is 4.23. The summed E-state index contributed by atoms with van der Waals surface area (Å²) in [5.74, 6) is 0.862. The molecule has 2 atom stereocenters. The molecule has 1 aromatic heterocycles. The Hall–Kier alpha value is -0.570. The molecule has 1 aliphatic rings. The first-order valence-electron chi connectivity index (χ1n) is 6.00. The van der Waals surface area contributed by atoms with E-state index in [1.165, 1.54) is 31.4 Å². The summed E-state index contributed by atoms with van der Waals surface area (Å²) in [7, 11) is 2.19. The van der Waals surface area contributed by atoms with Crippen LogP contribution in [-0.4, -0.2) is 18.1 Å². The third-order valence-corrected chi connectivity index (χ3v) is 3.99. The molecule has 1 aliphatic carbocycles. The molecule has 0 bridgehead atoms. The average molecular weight is 283 g/mol. The summed E-state index contributed by atoms with van der Waals surface area (Å²) < 4.78 is 1.06. The zero-order valence-electron chi connectivity index (χ0n) is 9.99. The van der Waals surface area contributed by atoms with E-state index < -0.39 is 0 Å². The van der Waals surface area contributed by atoms with Crippen LogP contribution < -0.4 is 4.90 Å². The minimum atomic E-state index is 0.680. The van der Waals surface area contributed by atoms with Crippen LogP contribution in [0, 0.1) is 5.92 Å². The van der Waals surface area contributed by atoms with Crippen molar-refractivity contribution < 1.29 is 0 Å². The number of nitrogens with zero attached hydrogens (tertiary/aromatic N) is 2. The number of aromatic nitrogens is 1. The van der Waals surface area contributed by atoms with Gasteiger partial charge < -0.3 is 4.90 Å². The monoisotopic (exact) mass is 282 g/mol. The number of rotatable bonds is 2. The van der Waals surface area contributed by atoms with Crippen molar-refractivity contribution in [3.05, 3.63) is 22.9 Å². The third kappa shape index (κ3) is 2.76. The molecular formula is C13H19BrN2. The minimum absolute atomic E-state index is 0.680. The van der Waals surface area contributed by atoms with Gasteiger partial charge in [0.2, 0.25) is 0 Å². The first-order chi connectivity index (χ1) is 7.66. The second-order valence-corrected chi connectivity index (χ2v) is 5.81. The van der Waals surface area contributed by atoms with Gasteiger partial charge in [-0.2, -0.15) is 0 Å². The molecule has 0 aromatic carbocycles. The molecule has 0 spiro atoms. The van der Waals surface area contributed by atoms with Crippen LogP contribution in [-0.2, 0) is 0 Å². The van der Waals surface area contributed by atoms with Crippen molar-refractivity contribution in [1.29, 1.82) is 0 Å². The van der Waals surface area contributed by atoms with E-state index in [0.717, 1.165) is 10.4 Å². The van der Waals surface area contributed by atoms with Gasteiger partial charge in [-0.3, -0.25) is 4.98 Å². The minimum Gasteiger partial charge on any atom is -0.370 e. The van der Waals surface area contributed by atoms with Crippen molar-refractivity contribution in [1.82, 2.24) is 4.98 Å². The van der Waals surface area contributed by atoms with Gasteiger partial charge in [-0.05, 0) is 40.8 Å². The maximum atomic E-state index is 4.23. The largest absolute Gasteiger partial charge is 0.370 e. The van der Waals surface area contributed by atoms with Crippen LogP contribution in [0.25, 0.3) is 0 Å². The Morgan fingerprint density at radius 2 is 2.19 bits per heavy atom. The highest BCUT2D eigenvalue weighted by atomic mass is 79.9. The Balaban J connectivity index is 2.09. The summed E-state index contributed by atoms with van der Waals surface area (Å²) in [6, 6.07) is 2.83. The molecule has 1 aromatic rings. The molecule has 1 fully saturated rings. The zero-order valence-corrected chi connectivity index (χ0v) is 11.6. The van der Waals surface area contributed by atoms with Gasteiger partial charge in [0.25, 0.3) is 0 Å². The molecule has 0 N–H and O–H groups in total. The Morgan fingerprint density at radius 3 is 2.88 bits per heavy atom. The van der Waals surface area contributed by atoms with Gasteiger partial charge in [-0.25, -0.2) is 0 Å². The Labute approximate surface area is 106 Å². The van der Waals surface area contributed by atoms with Gasteiger partial charge in [0.1, 0.15) is 0 Å². The molecule has 16 heavy (non-hydrogen) atoms. The van der Waals surface area contributed by atoms with Crippen LogP contribution in [0.2, 0.25) is 0 Å². The van der Waals surface area contributed by atoms with Gasteiger partial charge in [0.05, 0.1) is 11.9 Å². The summed E-state index contributed by atoms with van der Waals surface area (Å²) in [4.78, 5) is 6.61. The van der Waals surface area contributed by atoms with Crippen molar-refractivity contribution in [2.75, 3.05) is 11.9 Å². The van der Waals surface area contributed by atoms with Crippen LogP contribution in [0.1, 0.15) is 32.6 Å². The number of pyridine rings is 1. The first-order valence-corrected chi connectivity index (χ1v) is 6.79. The molecule has 0 radical (unpaired) electrons. The Morgan fingerprint density at radius 1 is 1.38 bits per heavy atom. The van der Waals surface area contributed by atoms with Gasteiger partial charge in [-0.15, -0.1) is 0 Å². The summed E-state index contributed by atoms with van der Waals surface area (Å²) in [5, 5.41) is 0. The van der Waals surface area contributed by atoms with Crippen molar-refractivity contribution in [3.63, 3.8) is 0 Å². The maximum Gasteiger partial charge on any atom is 0.0563 e. The van der Waals surface area contributed by atoms with E-state index in [2.05, 4.69) is 45.9 Å². The molecule has 2 unspecified atom stereocenters. The van der Waals surface area contributed by atoms with Crippen molar-refractivity contribution in [2.45, 2.75) is 38.6 Å². The summed E-state index contributed by atoms with van der Waals surface area (Å²) in [5.41, 5.74) is 1.22. The van der Waals surface area contributed by atoms with E-state index in [0.29, 0.717) is 6.04 Å². The van der Waals surface area contributed by atoms with Crippen molar-refractivity contribution >= 4 is 21.6 Å². The lowest BCUT2D eigenvalue weighted by molar-refractivity contribution is 0.336. The predicted molar refractivity (Wildman–Crippen MR) is 71.8 cm³/mol. The van der Waals surface area contributed by atoms with E-state index in [4.69, 9.17) is 0 Å². The van der Waals surface area contributed by atoms with Gasteiger partial charge in [0, 0.05) is 23.8 Å². The van der Waals surface area contributed by atoms with E-state index in [1.54, 1.807) is 0 Å². The zero-order chi connectivity index (χ0) is 11.5. The molecule has 0 amide bonds. The number of hydrogen-bond donors (Lipinski definition) is 0. The quantitative estimate of drug-likeness (QED) is 0.819. The highest BCUT2D eigenvalue weighted by Crippen LogP contribution is 2.29. The summed E-state index contributed by atoms with van der Waals surface area (Å²) >= 11 is 3.48. The van der Waals surface area contributed by atoms with E-state index in [-0.39, 0.29) is 0 Å². The Kier molecular flexibility index (Phi) is 3.85. The lowest BCUT2D eigenvalue weighted by Gasteiger charge is -2.35. The van der Waals surface area contributed by atoms with E-state index in [9.17, 15) is 0 Å². The standard InChI is InChI=1S/C13H19BrN2/c1-10-4-3-5-12(6-10)16(2)13-7-11(14)8-15-9-13/h7-10,12H,3-6H2,1-2H3. The van der Waals surface area contributed by atoms with Crippen LogP contribution in [0.3, 0.4) is 0 Å². The molecule has 0 aliphatic heterocycles. The fourth-order valence-electron chi connectivity index (χ4n) is 2.56. The van der Waals surface area contributed by atoms with Crippen molar-refractivity contribution in [3.8, 4) is 0 Å². The molecule has 2 nitrogen and oxygen atoms in total. The molecule has 88 valence electrons. The molecular weight excluding hydrogens is 264 g/mol. The second kappa shape index (κ2) is 5.17.